The Bertz CT molecular complexity index is 122. The van der Waals surface area contributed by atoms with E-state index in [1.54, 1.807) is 0 Å². The predicted octanol–water partition coefficient (Wildman–Crippen LogP) is -0.140. The van der Waals surface area contributed by atoms with Gasteiger partial charge < -0.3 is 11.1 Å². The molecule has 1 saturated heterocycles. The lowest BCUT2D eigenvalue weighted by molar-refractivity contribution is -0.119. The number of amides is 1. The topological polar surface area (TPSA) is 55.1 Å². The minimum atomic E-state index is 0.155. The Hall–Kier alpha value is -0.570. The first kappa shape index (κ1) is 7.54. The Morgan fingerprint density at radius 1 is 1.80 bits per heavy atom. The molecular weight excluding hydrogens is 128 g/mol. The highest BCUT2D eigenvalue weighted by Gasteiger charge is 2.29. The monoisotopic (exact) mass is 142 g/mol. The quantitative estimate of drug-likeness (QED) is 0.564. The zero-order valence-corrected chi connectivity index (χ0v) is 6.26. The summed E-state index contributed by atoms with van der Waals surface area (Å²) in [5.41, 5.74) is 5.45. The lowest BCUT2D eigenvalue weighted by Gasteiger charge is -2.13. The van der Waals surface area contributed by atoms with Gasteiger partial charge in [-0.25, -0.2) is 0 Å². The van der Waals surface area contributed by atoms with Gasteiger partial charge in [0, 0.05) is 19.0 Å². The van der Waals surface area contributed by atoms with Crippen LogP contribution in [0.5, 0.6) is 0 Å². The summed E-state index contributed by atoms with van der Waals surface area (Å²) in [5, 5.41) is 2.84. The van der Waals surface area contributed by atoms with Crippen molar-refractivity contribution in [3.8, 4) is 0 Å². The molecule has 0 aromatic rings. The fraction of sp³-hybridized carbons (Fsp3) is 0.857. The third kappa shape index (κ3) is 1.29. The van der Waals surface area contributed by atoms with Crippen molar-refractivity contribution in [3.05, 3.63) is 0 Å². The van der Waals surface area contributed by atoms with Crippen molar-refractivity contribution in [3.63, 3.8) is 0 Å². The molecule has 0 aromatic heterocycles. The smallest absolute Gasteiger partial charge is 0.220 e. The minimum absolute atomic E-state index is 0.155. The van der Waals surface area contributed by atoms with Crippen LogP contribution in [0.15, 0.2) is 0 Å². The van der Waals surface area contributed by atoms with E-state index in [4.69, 9.17) is 5.73 Å². The molecule has 2 atom stereocenters. The number of nitrogens with one attached hydrogen (secondary N) is 1. The number of carbonyl (C=O) groups is 1. The number of carbonyl (C=O) groups excluding carboxylic acids is 1. The highest BCUT2D eigenvalue weighted by Crippen LogP contribution is 2.18. The maximum atomic E-state index is 10.8. The maximum absolute atomic E-state index is 10.8. The molecule has 3 heteroatoms. The lowest BCUT2D eigenvalue weighted by atomic mass is 9.98. The second-order valence-electron chi connectivity index (χ2n) is 2.78. The van der Waals surface area contributed by atoms with Crippen LogP contribution >= 0.6 is 0 Å². The third-order valence-corrected chi connectivity index (χ3v) is 2.14. The van der Waals surface area contributed by atoms with Gasteiger partial charge in [-0.15, -0.1) is 0 Å². The zero-order valence-electron chi connectivity index (χ0n) is 6.26. The first-order chi connectivity index (χ1) is 4.77. The van der Waals surface area contributed by atoms with Crippen molar-refractivity contribution in [1.82, 2.24) is 5.32 Å². The SMILES string of the molecule is CC[C@@H]1CC(=O)N[C@@H]1CN. The normalized spacial score (nSPS) is 32.4. The highest BCUT2D eigenvalue weighted by atomic mass is 16.2. The van der Waals surface area contributed by atoms with Crippen molar-refractivity contribution < 1.29 is 4.79 Å². The van der Waals surface area contributed by atoms with Crippen LogP contribution in [-0.2, 0) is 4.79 Å². The van der Waals surface area contributed by atoms with Crippen LogP contribution in [0, 0.1) is 5.92 Å². The van der Waals surface area contributed by atoms with Crippen LogP contribution in [0.2, 0.25) is 0 Å². The molecule has 0 aliphatic carbocycles. The summed E-state index contributed by atoms with van der Waals surface area (Å²) in [7, 11) is 0. The Labute approximate surface area is 61.0 Å². The zero-order chi connectivity index (χ0) is 7.56. The van der Waals surface area contributed by atoms with E-state index in [1.165, 1.54) is 0 Å². The molecule has 1 amide bonds. The van der Waals surface area contributed by atoms with Crippen LogP contribution in [0.3, 0.4) is 0 Å². The molecule has 1 fully saturated rings. The van der Waals surface area contributed by atoms with Gasteiger partial charge in [-0.05, 0) is 5.92 Å². The number of hydrogen-bond donors (Lipinski definition) is 2. The van der Waals surface area contributed by atoms with Gasteiger partial charge >= 0.3 is 0 Å². The Morgan fingerprint density at radius 3 is 2.90 bits per heavy atom. The fourth-order valence-corrected chi connectivity index (χ4v) is 1.44. The molecule has 10 heavy (non-hydrogen) atoms. The molecule has 1 aliphatic rings. The third-order valence-electron chi connectivity index (χ3n) is 2.14. The Morgan fingerprint density at radius 2 is 2.50 bits per heavy atom. The van der Waals surface area contributed by atoms with Gasteiger partial charge in [-0.3, -0.25) is 4.79 Å². The molecule has 1 heterocycles. The molecule has 0 unspecified atom stereocenters. The van der Waals surface area contributed by atoms with E-state index in [9.17, 15) is 4.79 Å². The summed E-state index contributed by atoms with van der Waals surface area (Å²) >= 11 is 0. The summed E-state index contributed by atoms with van der Waals surface area (Å²) in [6, 6.07) is 0.234. The van der Waals surface area contributed by atoms with Gasteiger partial charge in [-0.2, -0.15) is 0 Å². The first-order valence-corrected chi connectivity index (χ1v) is 3.77. The van der Waals surface area contributed by atoms with E-state index in [0.717, 1.165) is 6.42 Å². The Balaban J connectivity index is 2.48. The lowest BCUT2D eigenvalue weighted by Crippen LogP contribution is -2.35. The van der Waals surface area contributed by atoms with Gasteiger partial charge in [0.25, 0.3) is 0 Å². The molecule has 1 rings (SSSR count). The number of rotatable bonds is 2. The van der Waals surface area contributed by atoms with Crippen LogP contribution < -0.4 is 11.1 Å². The molecule has 1 aliphatic heterocycles. The summed E-state index contributed by atoms with van der Waals surface area (Å²) in [6.07, 6.45) is 1.71. The van der Waals surface area contributed by atoms with Crippen molar-refractivity contribution in [1.29, 1.82) is 0 Å². The maximum Gasteiger partial charge on any atom is 0.220 e. The van der Waals surface area contributed by atoms with E-state index in [0.29, 0.717) is 18.9 Å². The van der Waals surface area contributed by atoms with Crippen LogP contribution in [-0.4, -0.2) is 18.5 Å². The second-order valence-corrected chi connectivity index (χ2v) is 2.78. The molecule has 3 N–H and O–H groups in total. The largest absolute Gasteiger partial charge is 0.352 e. The number of hydrogen-bond acceptors (Lipinski definition) is 2. The van der Waals surface area contributed by atoms with Gasteiger partial charge in [0.15, 0.2) is 0 Å². The molecule has 0 spiro atoms. The molecule has 58 valence electrons. The van der Waals surface area contributed by atoms with Crippen molar-refractivity contribution in [2.45, 2.75) is 25.8 Å². The minimum Gasteiger partial charge on any atom is -0.352 e. The van der Waals surface area contributed by atoms with Crippen molar-refractivity contribution in [2.75, 3.05) is 6.54 Å². The molecular formula is C7H14N2O. The molecule has 3 nitrogen and oxygen atoms in total. The van der Waals surface area contributed by atoms with E-state index < -0.39 is 0 Å². The van der Waals surface area contributed by atoms with E-state index in [-0.39, 0.29) is 11.9 Å². The molecule has 0 bridgehead atoms. The second kappa shape index (κ2) is 3.01. The van der Waals surface area contributed by atoms with Gasteiger partial charge in [-0.1, -0.05) is 13.3 Å². The van der Waals surface area contributed by atoms with E-state index >= 15 is 0 Å². The average Bonchev–Trinajstić information content (AvgIpc) is 2.30. The summed E-state index contributed by atoms with van der Waals surface area (Å²) in [4.78, 5) is 10.8. The first-order valence-electron chi connectivity index (χ1n) is 3.77. The predicted molar refractivity (Wildman–Crippen MR) is 39.4 cm³/mol. The average molecular weight is 142 g/mol. The fourth-order valence-electron chi connectivity index (χ4n) is 1.44. The Kier molecular flexibility index (Phi) is 2.27. The van der Waals surface area contributed by atoms with Gasteiger partial charge in [0.2, 0.25) is 5.91 Å². The summed E-state index contributed by atoms with van der Waals surface area (Å²) < 4.78 is 0. The van der Waals surface area contributed by atoms with E-state index in [2.05, 4.69) is 12.2 Å². The van der Waals surface area contributed by atoms with Crippen LogP contribution in [0.4, 0.5) is 0 Å². The molecule has 0 aromatic carbocycles. The highest BCUT2D eigenvalue weighted by molar-refractivity contribution is 5.79. The van der Waals surface area contributed by atoms with Gasteiger partial charge in [0.1, 0.15) is 0 Å². The van der Waals surface area contributed by atoms with Crippen molar-refractivity contribution in [2.24, 2.45) is 11.7 Å². The van der Waals surface area contributed by atoms with Crippen LogP contribution in [0.25, 0.3) is 0 Å². The van der Waals surface area contributed by atoms with Crippen molar-refractivity contribution >= 4 is 5.91 Å². The van der Waals surface area contributed by atoms with Crippen LogP contribution in [0.1, 0.15) is 19.8 Å². The summed E-state index contributed by atoms with van der Waals surface area (Å²) in [5.74, 6) is 0.625. The van der Waals surface area contributed by atoms with E-state index in [1.807, 2.05) is 0 Å². The summed E-state index contributed by atoms with van der Waals surface area (Å²) in [6.45, 7) is 2.66. The number of nitrogens with two attached hydrogens (primary N) is 1. The molecule has 0 radical (unpaired) electrons. The standard InChI is InChI=1S/C7H14N2O/c1-2-5-3-7(10)9-6(5)4-8/h5-6H,2-4,8H2,1H3,(H,9,10)/t5-,6-/m1/s1. The molecule has 0 saturated carbocycles. The van der Waals surface area contributed by atoms with Gasteiger partial charge in [0.05, 0.1) is 0 Å².